The second-order valence-electron chi connectivity index (χ2n) is 3.88. The number of nitrogens with two attached hydrogens (primary N) is 1. The second-order valence-corrected chi connectivity index (χ2v) is 3.88. The smallest absolute Gasteiger partial charge is 0.356 e. The van der Waals surface area contributed by atoms with Crippen molar-refractivity contribution >= 4 is 11.8 Å². The van der Waals surface area contributed by atoms with Crippen LogP contribution in [-0.2, 0) is 13.0 Å². The average Bonchev–Trinajstić information content (AvgIpc) is 2.62. The number of anilines is 1. The van der Waals surface area contributed by atoms with Gasteiger partial charge in [0.1, 0.15) is 5.82 Å². The minimum absolute atomic E-state index is 0.111. The fraction of sp³-hybridized carbons (Fsp3) is 0.167. The van der Waals surface area contributed by atoms with Crippen LogP contribution >= 0.6 is 0 Å². The van der Waals surface area contributed by atoms with Crippen LogP contribution in [0.4, 0.5) is 5.82 Å². The molecule has 0 fully saturated rings. The molecule has 0 saturated carbocycles. The highest BCUT2D eigenvalue weighted by molar-refractivity contribution is 5.90. The quantitative estimate of drug-likeness (QED) is 0.740. The van der Waals surface area contributed by atoms with Gasteiger partial charge < -0.3 is 10.8 Å². The van der Waals surface area contributed by atoms with E-state index in [1.807, 2.05) is 30.3 Å². The summed E-state index contributed by atoms with van der Waals surface area (Å²) in [4.78, 5) is 24.9. The Morgan fingerprint density at radius 1 is 1.33 bits per heavy atom. The Morgan fingerprint density at radius 2 is 2.00 bits per heavy atom. The molecule has 2 rings (SSSR count). The molecule has 2 aromatic rings. The van der Waals surface area contributed by atoms with Gasteiger partial charge in [0.15, 0.2) is 5.69 Å². The number of aromatic nitrogens is 2. The summed E-state index contributed by atoms with van der Waals surface area (Å²) in [7, 11) is 0. The molecule has 0 unspecified atom stereocenters. The molecule has 0 amide bonds. The number of nitrogens with one attached hydrogen (secondary N) is 1. The second kappa shape index (κ2) is 4.79. The third-order valence-electron chi connectivity index (χ3n) is 2.68. The molecule has 0 atom stereocenters. The number of hydrogen-bond donors (Lipinski definition) is 3. The fourth-order valence-electron chi connectivity index (χ4n) is 1.82. The Labute approximate surface area is 103 Å². The Morgan fingerprint density at radius 3 is 2.61 bits per heavy atom. The predicted octanol–water partition coefficient (Wildman–Crippen LogP) is 0.699. The van der Waals surface area contributed by atoms with Crippen LogP contribution in [-0.4, -0.2) is 20.6 Å². The average molecular weight is 247 g/mol. The first-order valence-electron chi connectivity index (χ1n) is 5.45. The number of hydrogen-bond acceptors (Lipinski definition) is 3. The lowest BCUT2D eigenvalue weighted by Crippen LogP contribution is -2.22. The molecule has 0 radical (unpaired) electrons. The lowest BCUT2D eigenvalue weighted by molar-refractivity contribution is 0.0686. The fourth-order valence-corrected chi connectivity index (χ4v) is 1.82. The molecule has 1 heterocycles. The molecular formula is C12H13N3O3. The molecule has 0 aliphatic heterocycles. The van der Waals surface area contributed by atoms with Gasteiger partial charge in [-0.25, -0.2) is 9.59 Å². The number of carboxylic acids is 1. The summed E-state index contributed by atoms with van der Waals surface area (Å²) >= 11 is 0. The van der Waals surface area contributed by atoms with Crippen molar-refractivity contribution in [2.45, 2.75) is 13.0 Å². The minimum Gasteiger partial charge on any atom is -0.476 e. The van der Waals surface area contributed by atoms with Gasteiger partial charge in [0.05, 0.1) is 0 Å². The molecule has 1 aromatic carbocycles. The Kier molecular flexibility index (Phi) is 3.18. The molecule has 6 heteroatoms. The van der Waals surface area contributed by atoms with Crippen LogP contribution in [0.2, 0.25) is 0 Å². The normalized spacial score (nSPS) is 10.4. The molecule has 0 bridgehead atoms. The highest BCUT2D eigenvalue weighted by Crippen LogP contribution is 2.08. The van der Waals surface area contributed by atoms with E-state index in [0.29, 0.717) is 6.42 Å². The van der Waals surface area contributed by atoms with Gasteiger partial charge in [-0.3, -0.25) is 9.55 Å². The van der Waals surface area contributed by atoms with Crippen LogP contribution in [0.15, 0.2) is 35.1 Å². The van der Waals surface area contributed by atoms with E-state index in [1.165, 1.54) is 0 Å². The molecule has 1 aromatic heterocycles. The van der Waals surface area contributed by atoms with Gasteiger partial charge in [-0.15, -0.1) is 0 Å². The maximum atomic E-state index is 11.6. The van der Waals surface area contributed by atoms with Crippen molar-refractivity contribution in [2.24, 2.45) is 0 Å². The van der Waals surface area contributed by atoms with Gasteiger partial charge in [0, 0.05) is 6.54 Å². The Bertz CT molecular complexity index is 613. The first-order valence-corrected chi connectivity index (χ1v) is 5.45. The first-order chi connectivity index (χ1) is 8.59. The van der Waals surface area contributed by atoms with Gasteiger partial charge >= 0.3 is 11.7 Å². The molecule has 0 aliphatic carbocycles. The van der Waals surface area contributed by atoms with Crippen molar-refractivity contribution < 1.29 is 9.90 Å². The number of aryl methyl sites for hydroxylation is 1. The summed E-state index contributed by atoms with van der Waals surface area (Å²) in [5.74, 6) is -1.32. The summed E-state index contributed by atoms with van der Waals surface area (Å²) in [5, 5.41) is 9.00. The van der Waals surface area contributed by atoms with E-state index in [1.54, 1.807) is 0 Å². The number of aromatic amines is 1. The van der Waals surface area contributed by atoms with Crippen molar-refractivity contribution in [3.63, 3.8) is 0 Å². The van der Waals surface area contributed by atoms with Gasteiger partial charge in [0.2, 0.25) is 0 Å². The van der Waals surface area contributed by atoms with Crippen LogP contribution in [0.1, 0.15) is 16.1 Å². The summed E-state index contributed by atoms with van der Waals surface area (Å²) < 4.78 is 1.14. The Hall–Kier alpha value is -2.50. The molecule has 0 aliphatic rings. The topological polar surface area (TPSA) is 101 Å². The van der Waals surface area contributed by atoms with E-state index in [2.05, 4.69) is 4.98 Å². The number of rotatable bonds is 4. The zero-order chi connectivity index (χ0) is 13.1. The number of imidazole rings is 1. The van der Waals surface area contributed by atoms with E-state index >= 15 is 0 Å². The summed E-state index contributed by atoms with van der Waals surface area (Å²) in [6, 6.07) is 9.51. The third-order valence-corrected chi connectivity index (χ3v) is 2.68. The van der Waals surface area contributed by atoms with E-state index in [-0.39, 0.29) is 18.1 Å². The van der Waals surface area contributed by atoms with Crippen LogP contribution in [0, 0.1) is 0 Å². The first kappa shape index (κ1) is 12.0. The summed E-state index contributed by atoms with van der Waals surface area (Å²) in [5.41, 5.74) is 5.80. The SMILES string of the molecule is Nc1[nH]c(=O)n(CCc2ccccc2)c1C(=O)O. The van der Waals surface area contributed by atoms with Crippen molar-refractivity contribution in [3.8, 4) is 0 Å². The lowest BCUT2D eigenvalue weighted by atomic mass is 10.1. The van der Waals surface area contributed by atoms with Crippen LogP contribution in [0.25, 0.3) is 0 Å². The maximum Gasteiger partial charge on any atom is 0.356 e. The standard InChI is InChI=1S/C12H13N3O3/c13-10-9(11(16)17)15(12(18)14-10)7-6-8-4-2-1-3-5-8/h1-5H,6-7,13H2,(H,14,18)(H,16,17). The van der Waals surface area contributed by atoms with Gasteiger partial charge in [-0.1, -0.05) is 30.3 Å². The minimum atomic E-state index is -1.21. The zero-order valence-electron chi connectivity index (χ0n) is 9.59. The van der Waals surface area contributed by atoms with Crippen LogP contribution in [0.5, 0.6) is 0 Å². The molecule has 18 heavy (non-hydrogen) atoms. The van der Waals surface area contributed by atoms with Crippen LogP contribution in [0.3, 0.4) is 0 Å². The van der Waals surface area contributed by atoms with Gasteiger partial charge in [-0.2, -0.15) is 0 Å². The highest BCUT2D eigenvalue weighted by atomic mass is 16.4. The predicted molar refractivity (Wildman–Crippen MR) is 66.6 cm³/mol. The van der Waals surface area contributed by atoms with Crippen LogP contribution < -0.4 is 11.4 Å². The van der Waals surface area contributed by atoms with Crippen molar-refractivity contribution in [3.05, 3.63) is 52.1 Å². The van der Waals surface area contributed by atoms with Crippen molar-refractivity contribution in [2.75, 3.05) is 5.73 Å². The van der Waals surface area contributed by atoms with E-state index in [9.17, 15) is 9.59 Å². The molecule has 4 N–H and O–H groups in total. The number of carbonyl (C=O) groups is 1. The largest absolute Gasteiger partial charge is 0.476 e. The van der Waals surface area contributed by atoms with Gasteiger partial charge in [0.25, 0.3) is 0 Å². The Balaban J connectivity index is 2.25. The molecular weight excluding hydrogens is 234 g/mol. The number of H-pyrrole nitrogens is 1. The van der Waals surface area contributed by atoms with Crippen molar-refractivity contribution in [1.82, 2.24) is 9.55 Å². The summed E-state index contributed by atoms with van der Waals surface area (Å²) in [6.07, 6.45) is 0.568. The zero-order valence-corrected chi connectivity index (χ0v) is 9.59. The molecule has 6 nitrogen and oxygen atoms in total. The van der Waals surface area contributed by atoms with E-state index < -0.39 is 11.7 Å². The lowest BCUT2D eigenvalue weighted by Gasteiger charge is -2.04. The van der Waals surface area contributed by atoms with Crippen molar-refractivity contribution in [1.29, 1.82) is 0 Å². The van der Waals surface area contributed by atoms with E-state index in [0.717, 1.165) is 10.1 Å². The number of aromatic carboxylic acids is 1. The monoisotopic (exact) mass is 247 g/mol. The molecule has 0 saturated heterocycles. The number of nitrogen functional groups attached to an aromatic ring is 1. The number of benzene rings is 1. The number of nitrogens with zero attached hydrogens (tertiary/aromatic N) is 1. The molecule has 94 valence electrons. The summed E-state index contributed by atoms with van der Waals surface area (Å²) in [6.45, 7) is 0.276. The number of carboxylic acid groups (broad SMARTS) is 1. The highest BCUT2D eigenvalue weighted by Gasteiger charge is 2.17. The van der Waals surface area contributed by atoms with Gasteiger partial charge in [-0.05, 0) is 12.0 Å². The molecule has 0 spiro atoms. The van der Waals surface area contributed by atoms with E-state index in [4.69, 9.17) is 10.8 Å². The maximum absolute atomic E-state index is 11.6. The third kappa shape index (κ3) is 2.27.